The van der Waals surface area contributed by atoms with Gasteiger partial charge in [0.05, 0.1) is 11.3 Å². The number of nitrogens with zero attached hydrogens (tertiary/aromatic N) is 2. The van der Waals surface area contributed by atoms with Gasteiger partial charge >= 0.3 is 5.97 Å². The third-order valence-electron chi connectivity index (χ3n) is 3.38. The molecule has 0 bridgehead atoms. The fraction of sp³-hybridized carbons (Fsp3) is 0.400. The van der Waals surface area contributed by atoms with Gasteiger partial charge in [-0.05, 0) is 31.4 Å². The summed E-state index contributed by atoms with van der Waals surface area (Å²) in [5.41, 5.74) is 2.18. The summed E-state index contributed by atoms with van der Waals surface area (Å²) < 4.78 is 0. The first kappa shape index (κ1) is 14.0. The second kappa shape index (κ2) is 5.81. The standard InChI is InChI=1S/C15H17N3O2S/c1-2-3-11-6-10(14(19)20)7-13(16-11)18-15-17-12(8-21-15)9-4-5-9/h6-9H,2-5H2,1H3,(H,19,20)(H,16,17,18). The largest absolute Gasteiger partial charge is 0.478 e. The SMILES string of the molecule is CCCc1cc(C(=O)O)cc(Nc2nc(C3CC3)cs2)n1. The van der Waals surface area contributed by atoms with Gasteiger partial charge in [-0.15, -0.1) is 11.3 Å². The maximum absolute atomic E-state index is 11.2. The molecule has 0 radical (unpaired) electrons. The second-order valence-electron chi connectivity index (χ2n) is 5.26. The molecule has 5 nitrogen and oxygen atoms in total. The van der Waals surface area contributed by atoms with Gasteiger partial charge in [0.2, 0.25) is 0 Å². The van der Waals surface area contributed by atoms with E-state index < -0.39 is 5.97 Å². The number of rotatable bonds is 6. The van der Waals surface area contributed by atoms with Gasteiger partial charge in [-0.3, -0.25) is 0 Å². The lowest BCUT2D eigenvalue weighted by molar-refractivity contribution is 0.0696. The van der Waals surface area contributed by atoms with Gasteiger partial charge in [0, 0.05) is 17.0 Å². The number of aromatic carboxylic acids is 1. The average molecular weight is 303 g/mol. The molecule has 0 saturated heterocycles. The first-order valence-electron chi connectivity index (χ1n) is 7.12. The molecule has 0 unspecified atom stereocenters. The van der Waals surface area contributed by atoms with E-state index in [1.54, 1.807) is 12.1 Å². The number of hydrogen-bond donors (Lipinski definition) is 2. The van der Waals surface area contributed by atoms with Crippen molar-refractivity contribution in [2.75, 3.05) is 5.32 Å². The molecule has 2 N–H and O–H groups in total. The Labute approximate surface area is 127 Å². The molecule has 3 rings (SSSR count). The molecule has 2 aromatic rings. The first-order valence-corrected chi connectivity index (χ1v) is 8.00. The van der Waals surface area contributed by atoms with Crippen LogP contribution in [0.3, 0.4) is 0 Å². The summed E-state index contributed by atoms with van der Waals surface area (Å²) in [6, 6.07) is 3.19. The Hall–Kier alpha value is -1.95. The fourth-order valence-electron chi connectivity index (χ4n) is 2.18. The Morgan fingerprint density at radius 1 is 1.43 bits per heavy atom. The third kappa shape index (κ3) is 3.39. The molecule has 2 heterocycles. The molecule has 0 atom stereocenters. The molecule has 21 heavy (non-hydrogen) atoms. The number of aryl methyl sites for hydroxylation is 1. The van der Waals surface area contributed by atoms with Crippen molar-refractivity contribution in [3.63, 3.8) is 0 Å². The van der Waals surface area contributed by atoms with Crippen molar-refractivity contribution in [2.45, 2.75) is 38.5 Å². The fourth-order valence-corrected chi connectivity index (χ4v) is 2.98. The molecule has 2 aromatic heterocycles. The molecular formula is C15H17N3O2S. The van der Waals surface area contributed by atoms with Crippen LogP contribution in [0.1, 0.15) is 53.8 Å². The lowest BCUT2D eigenvalue weighted by Crippen LogP contribution is -2.03. The quantitative estimate of drug-likeness (QED) is 0.848. The molecule has 1 aliphatic carbocycles. The summed E-state index contributed by atoms with van der Waals surface area (Å²) in [7, 11) is 0. The average Bonchev–Trinajstić information content (AvgIpc) is 3.20. The molecule has 0 aliphatic heterocycles. The number of aromatic nitrogens is 2. The van der Waals surface area contributed by atoms with Gasteiger partial charge in [-0.25, -0.2) is 14.8 Å². The highest BCUT2D eigenvalue weighted by Gasteiger charge is 2.26. The Morgan fingerprint density at radius 3 is 2.90 bits per heavy atom. The third-order valence-corrected chi connectivity index (χ3v) is 4.16. The lowest BCUT2D eigenvalue weighted by Gasteiger charge is -2.06. The zero-order valence-corrected chi connectivity index (χ0v) is 12.6. The molecule has 1 saturated carbocycles. The van der Waals surface area contributed by atoms with Crippen LogP contribution in [0, 0.1) is 0 Å². The second-order valence-corrected chi connectivity index (χ2v) is 6.12. The molecule has 110 valence electrons. The topological polar surface area (TPSA) is 75.1 Å². The van der Waals surface area contributed by atoms with Crippen LogP contribution >= 0.6 is 11.3 Å². The minimum atomic E-state index is -0.935. The number of carboxylic acid groups (broad SMARTS) is 1. The van der Waals surface area contributed by atoms with Crippen LogP contribution in [0.5, 0.6) is 0 Å². The Bertz CT molecular complexity index is 665. The number of anilines is 2. The van der Waals surface area contributed by atoms with Crippen molar-refractivity contribution in [2.24, 2.45) is 0 Å². The predicted octanol–water partition coefficient (Wildman–Crippen LogP) is 3.81. The van der Waals surface area contributed by atoms with E-state index in [0.29, 0.717) is 11.7 Å². The van der Waals surface area contributed by atoms with Crippen molar-refractivity contribution in [3.8, 4) is 0 Å². The van der Waals surface area contributed by atoms with Crippen molar-refractivity contribution in [3.05, 3.63) is 34.5 Å². The molecule has 1 aliphatic rings. The van der Waals surface area contributed by atoms with Gasteiger partial charge in [0.25, 0.3) is 0 Å². The Balaban J connectivity index is 1.83. The van der Waals surface area contributed by atoms with Gasteiger partial charge in [-0.1, -0.05) is 13.3 Å². The lowest BCUT2D eigenvalue weighted by atomic mass is 10.1. The first-order chi connectivity index (χ1) is 10.2. The van der Waals surface area contributed by atoms with Crippen molar-refractivity contribution in [1.29, 1.82) is 0 Å². The highest BCUT2D eigenvalue weighted by atomic mass is 32.1. The van der Waals surface area contributed by atoms with E-state index in [0.717, 1.165) is 29.4 Å². The number of carboxylic acids is 1. The Kier molecular flexibility index (Phi) is 3.88. The van der Waals surface area contributed by atoms with Crippen LogP contribution in [-0.4, -0.2) is 21.0 Å². The monoisotopic (exact) mass is 303 g/mol. The van der Waals surface area contributed by atoms with Gasteiger partial charge in [-0.2, -0.15) is 0 Å². The maximum atomic E-state index is 11.2. The van der Waals surface area contributed by atoms with Crippen molar-refractivity contribution < 1.29 is 9.90 Å². The number of carbonyl (C=O) groups is 1. The highest BCUT2D eigenvalue weighted by Crippen LogP contribution is 2.41. The molecule has 1 fully saturated rings. The summed E-state index contributed by atoms with van der Waals surface area (Å²) in [4.78, 5) is 20.2. The van der Waals surface area contributed by atoms with E-state index in [1.165, 1.54) is 24.2 Å². The van der Waals surface area contributed by atoms with Crippen LogP contribution in [-0.2, 0) is 6.42 Å². The molecular weight excluding hydrogens is 286 g/mol. The normalized spacial score (nSPS) is 14.1. The molecule has 0 spiro atoms. The van der Waals surface area contributed by atoms with E-state index in [2.05, 4.69) is 20.7 Å². The van der Waals surface area contributed by atoms with Gasteiger partial charge < -0.3 is 10.4 Å². The zero-order chi connectivity index (χ0) is 14.8. The predicted molar refractivity (Wildman–Crippen MR) is 82.6 cm³/mol. The van der Waals surface area contributed by atoms with Crippen LogP contribution in [0.2, 0.25) is 0 Å². The zero-order valence-electron chi connectivity index (χ0n) is 11.8. The maximum Gasteiger partial charge on any atom is 0.335 e. The minimum Gasteiger partial charge on any atom is -0.478 e. The van der Waals surface area contributed by atoms with Crippen molar-refractivity contribution >= 4 is 28.3 Å². The minimum absolute atomic E-state index is 0.259. The van der Waals surface area contributed by atoms with Crippen LogP contribution < -0.4 is 5.32 Å². The van der Waals surface area contributed by atoms with Crippen LogP contribution in [0.25, 0.3) is 0 Å². The Morgan fingerprint density at radius 2 is 2.24 bits per heavy atom. The smallest absolute Gasteiger partial charge is 0.335 e. The number of thiazole rings is 1. The summed E-state index contributed by atoms with van der Waals surface area (Å²) in [5, 5.41) is 15.2. The number of nitrogens with one attached hydrogen (secondary N) is 1. The van der Waals surface area contributed by atoms with Crippen molar-refractivity contribution in [1.82, 2.24) is 9.97 Å². The van der Waals surface area contributed by atoms with E-state index in [9.17, 15) is 9.90 Å². The van der Waals surface area contributed by atoms with E-state index in [-0.39, 0.29) is 5.56 Å². The van der Waals surface area contributed by atoms with E-state index >= 15 is 0 Å². The number of pyridine rings is 1. The molecule has 0 aromatic carbocycles. The highest BCUT2D eigenvalue weighted by molar-refractivity contribution is 7.13. The molecule has 0 amide bonds. The summed E-state index contributed by atoms with van der Waals surface area (Å²) in [6.45, 7) is 2.05. The van der Waals surface area contributed by atoms with E-state index in [1.807, 2.05) is 6.92 Å². The summed E-state index contributed by atoms with van der Waals surface area (Å²) >= 11 is 1.54. The van der Waals surface area contributed by atoms with Crippen LogP contribution in [0.15, 0.2) is 17.5 Å². The van der Waals surface area contributed by atoms with Gasteiger partial charge in [0.1, 0.15) is 5.82 Å². The molecule has 6 heteroatoms. The number of hydrogen-bond acceptors (Lipinski definition) is 5. The summed E-state index contributed by atoms with van der Waals surface area (Å²) in [6.07, 6.45) is 4.13. The summed E-state index contributed by atoms with van der Waals surface area (Å²) in [5.74, 6) is 0.233. The van der Waals surface area contributed by atoms with Gasteiger partial charge in [0.15, 0.2) is 5.13 Å². The van der Waals surface area contributed by atoms with Crippen LogP contribution in [0.4, 0.5) is 10.9 Å². The van der Waals surface area contributed by atoms with E-state index in [4.69, 9.17) is 0 Å².